The molecule has 0 spiro atoms. The number of hydrogen-bond donors (Lipinski definition) is 4. The normalized spacial score (nSPS) is 12.8. The Labute approximate surface area is 118 Å². The molecular formula is C15H21N3O2. The highest BCUT2D eigenvalue weighted by molar-refractivity contribution is 6.00. The Hall–Kier alpha value is -2.01. The molecule has 5 N–H and O–H groups in total. The maximum atomic E-state index is 12.2. The number of amides is 1. The number of hydrogen-bond acceptors (Lipinski definition) is 3. The number of carbonyl (C=O) groups is 1. The smallest absolute Gasteiger partial charge is 0.268 e. The SMILES string of the molecule is CC(C)CC(CO)NC(=O)c1cc2cccc(N)c2[nH]1. The van der Waals surface area contributed by atoms with E-state index >= 15 is 0 Å². The van der Waals surface area contributed by atoms with Crippen molar-refractivity contribution >= 4 is 22.5 Å². The summed E-state index contributed by atoms with van der Waals surface area (Å²) < 4.78 is 0. The maximum Gasteiger partial charge on any atom is 0.268 e. The van der Waals surface area contributed by atoms with Crippen molar-refractivity contribution < 1.29 is 9.90 Å². The van der Waals surface area contributed by atoms with Crippen LogP contribution in [0.3, 0.4) is 0 Å². The van der Waals surface area contributed by atoms with Crippen molar-refractivity contribution in [3.8, 4) is 0 Å². The zero-order chi connectivity index (χ0) is 14.7. The van der Waals surface area contributed by atoms with Crippen LogP contribution in [0.5, 0.6) is 0 Å². The lowest BCUT2D eigenvalue weighted by atomic mass is 10.0. The van der Waals surface area contributed by atoms with Crippen molar-refractivity contribution in [2.24, 2.45) is 5.92 Å². The minimum atomic E-state index is -0.230. The molecule has 0 fully saturated rings. The van der Waals surface area contributed by atoms with Gasteiger partial charge < -0.3 is 21.1 Å². The zero-order valence-electron chi connectivity index (χ0n) is 11.8. The summed E-state index contributed by atoms with van der Waals surface area (Å²) in [7, 11) is 0. The van der Waals surface area contributed by atoms with E-state index in [1.807, 2.05) is 12.1 Å². The number of carbonyl (C=O) groups excluding carboxylic acids is 1. The second-order valence-electron chi connectivity index (χ2n) is 5.48. The van der Waals surface area contributed by atoms with Crippen LogP contribution in [0.4, 0.5) is 5.69 Å². The van der Waals surface area contributed by atoms with Crippen molar-refractivity contribution in [2.75, 3.05) is 12.3 Å². The van der Waals surface area contributed by atoms with E-state index in [1.165, 1.54) is 0 Å². The van der Waals surface area contributed by atoms with Crippen molar-refractivity contribution in [3.05, 3.63) is 30.0 Å². The summed E-state index contributed by atoms with van der Waals surface area (Å²) in [5.74, 6) is 0.186. The molecule has 0 aliphatic carbocycles. The van der Waals surface area contributed by atoms with E-state index in [2.05, 4.69) is 24.1 Å². The molecule has 0 bridgehead atoms. The first-order chi connectivity index (χ1) is 9.51. The number of para-hydroxylation sites is 1. The van der Waals surface area contributed by atoms with Gasteiger partial charge in [-0.05, 0) is 24.5 Å². The molecule has 1 unspecified atom stereocenters. The van der Waals surface area contributed by atoms with Gasteiger partial charge in [0.05, 0.1) is 23.9 Å². The number of rotatable bonds is 5. The number of aromatic amines is 1. The topological polar surface area (TPSA) is 91.1 Å². The van der Waals surface area contributed by atoms with Gasteiger partial charge in [0.1, 0.15) is 5.69 Å². The van der Waals surface area contributed by atoms with Gasteiger partial charge >= 0.3 is 0 Å². The van der Waals surface area contributed by atoms with E-state index < -0.39 is 0 Å². The van der Waals surface area contributed by atoms with Gasteiger partial charge in [0.15, 0.2) is 0 Å². The molecular weight excluding hydrogens is 254 g/mol. The average molecular weight is 275 g/mol. The molecule has 1 aromatic carbocycles. The molecule has 5 nitrogen and oxygen atoms in total. The van der Waals surface area contributed by atoms with E-state index in [0.717, 1.165) is 17.3 Å². The fourth-order valence-corrected chi connectivity index (χ4v) is 2.31. The van der Waals surface area contributed by atoms with Gasteiger partial charge in [-0.3, -0.25) is 4.79 Å². The van der Waals surface area contributed by atoms with E-state index in [0.29, 0.717) is 17.3 Å². The average Bonchev–Trinajstić information content (AvgIpc) is 2.83. The zero-order valence-corrected chi connectivity index (χ0v) is 11.8. The Bertz CT molecular complexity index is 604. The molecule has 0 aliphatic heterocycles. The lowest BCUT2D eigenvalue weighted by Gasteiger charge is -2.17. The number of benzene rings is 1. The van der Waals surface area contributed by atoms with Crippen LogP contribution < -0.4 is 11.1 Å². The third-order valence-corrected chi connectivity index (χ3v) is 3.24. The highest BCUT2D eigenvalue weighted by Gasteiger charge is 2.16. The van der Waals surface area contributed by atoms with Gasteiger partial charge in [-0.25, -0.2) is 0 Å². The molecule has 1 atom stereocenters. The monoisotopic (exact) mass is 275 g/mol. The molecule has 108 valence electrons. The molecule has 2 rings (SSSR count). The van der Waals surface area contributed by atoms with Gasteiger partial charge in [-0.15, -0.1) is 0 Å². The minimum absolute atomic E-state index is 0.0632. The number of aliphatic hydroxyl groups is 1. The minimum Gasteiger partial charge on any atom is -0.397 e. The lowest BCUT2D eigenvalue weighted by molar-refractivity contribution is 0.0904. The van der Waals surface area contributed by atoms with Gasteiger partial charge in [-0.2, -0.15) is 0 Å². The fraction of sp³-hybridized carbons (Fsp3) is 0.400. The quantitative estimate of drug-likeness (QED) is 0.628. The summed E-state index contributed by atoms with van der Waals surface area (Å²) in [6.45, 7) is 4.04. The summed E-state index contributed by atoms with van der Waals surface area (Å²) in [5.41, 5.74) is 7.70. The Morgan fingerprint density at radius 3 is 2.80 bits per heavy atom. The predicted molar refractivity (Wildman–Crippen MR) is 80.5 cm³/mol. The number of nitrogens with two attached hydrogens (primary N) is 1. The Morgan fingerprint density at radius 2 is 2.20 bits per heavy atom. The molecule has 0 radical (unpaired) electrons. The number of aromatic nitrogens is 1. The van der Waals surface area contributed by atoms with E-state index in [1.54, 1.807) is 12.1 Å². The van der Waals surface area contributed by atoms with E-state index in [4.69, 9.17) is 5.73 Å². The molecule has 2 aromatic rings. The van der Waals surface area contributed by atoms with Crippen LogP contribution in [0.25, 0.3) is 10.9 Å². The van der Waals surface area contributed by atoms with Crippen molar-refractivity contribution in [1.29, 1.82) is 0 Å². The summed E-state index contributed by atoms with van der Waals surface area (Å²) in [5, 5.41) is 13.0. The van der Waals surface area contributed by atoms with E-state index in [-0.39, 0.29) is 18.6 Å². The first-order valence-electron chi connectivity index (χ1n) is 6.80. The van der Waals surface area contributed by atoms with Crippen molar-refractivity contribution in [3.63, 3.8) is 0 Å². The molecule has 0 saturated heterocycles. The standard InChI is InChI=1S/C15H21N3O2/c1-9(2)6-11(8-19)17-15(20)13-7-10-4-3-5-12(16)14(10)18-13/h3-5,7,9,11,18-19H,6,8,16H2,1-2H3,(H,17,20). The molecule has 1 heterocycles. The number of fused-ring (bicyclic) bond motifs is 1. The Kier molecular flexibility index (Phi) is 4.29. The van der Waals surface area contributed by atoms with Crippen LogP contribution >= 0.6 is 0 Å². The molecule has 5 heteroatoms. The first-order valence-corrected chi connectivity index (χ1v) is 6.80. The van der Waals surface area contributed by atoms with Gasteiger partial charge in [0.25, 0.3) is 5.91 Å². The van der Waals surface area contributed by atoms with Crippen LogP contribution in [0.1, 0.15) is 30.8 Å². The molecule has 0 saturated carbocycles. The van der Waals surface area contributed by atoms with Crippen LogP contribution in [0.2, 0.25) is 0 Å². The molecule has 1 aromatic heterocycles. The molecule has 0 aliphatic rings. The number of nitrogens with one attached hydrogen (secondary N) is 2. The Morgan fingerprint density at radius 1 is 1.45 bits per heavy atom. The lowest BCUT2D eigenvalue weighted by Crippen LogP contribution is -2.38. The third kappa shape index (κ3) is 3.11. The maximum absolute atomic E-state index is 12.2. The predicted octanol–water partition coefficient (Wildman–Crippen LogP) is 1.89. The fourth-order valence-electron chi connectivity index (χ4n) is 2.31. The van der Waals surface area contributed by atoms with Gasteiger partial charge in [0, 0.05) is 5.39 Å². The van der Waals surface area contributed by atoms with Crippen molar-refractivity contribution in [2.45, 2.75) is 26.3 Å². The summed E-state index contributed by atoms with van der Waals surface area (Å²) >= 11 is 0. The summed E-state index contributed by atoms with van der Waals surface area (Å²) in [4.78, 5) is 15.2. The number of aliphatic hydroxyl groups excluding tert-OH is 1. The second-order valence-corrected chi connectivity index (χ2v) is 5.48. The number of H-pyrrole nitrogens is 1. The van der Waals surface area contributed by atoms with Gasteiger partial charge in [0.2, 0.25) is 0 Å². The molecule has 20 heavy (non-hydrogen) atoms. The highest BCUT2D eigenvalue weighted by atomic mass is 16.3. The summed E-state index contributed by atoms with van der Waals surface area (Å²) in [6.07, 6.45) is 0.741. The van der Waals surface area contributed by atoms with Crippen LogP contribution in [-0.4, -0.2) is 28.6 Å². The van der Waals surface area contributed by atoms with Crippen LogP contribution in [0.15, 0.2) is 24.3 Å². The Balaban J connectivity index is 2.16. The highest BCUT2D eigenvalue weighted by Crippen LogP contribution is 2.21. The second kappa shape index (κ2) is 5.96. The van der Waals surface area contributed by atoms with E-state index in [9.17, 15) is 9.90 Å². The molecule has 1 amide bonds. The van der Waals surface area contributed by atoms with Crippen LogP contribution in [0, 0.1) is 5.92 Å². The van der Waals surface area contributed by atoms with Crippen LogP contribution in [-0.2, 0) is 0 Å². The third-order valence-electron chi connectivity index (χ3n) is 3.24. The van der Waals surface area contributed by atoms with Crippen molar-refractivity contribution in [1.82, 2.24) is 10.3 Å². The van der Waals surface area contributed by atoms with Gasteiger partial charge in [-0.1, -0.05) is 26.0 Å². The number of anilines is 1. The first kappa shape index (κ1) is 14.4. The number of nitrogen functional groups attached to an aromatic ring is 1. The largest absolute Gasteiger partial charge is 0.397 e. The summed E-state index contributed by atoms with van der Waals surface area (Å²) in [6, 6.07) is 7.07.